The summed E-state index contributed by atoms with van der Waals surface area (Å²) in [5.74, 6) is 1.02. The number of hydrogen-bond acceptors (Lipinski definition) is 4. The number of rotatable bonds is 10. The van der Waals surface area contributed by atoms with E-state index in [0.717, 1.165) is 44.5 Å². The lowest BCUT2D eigenvalue weighted by Gasteiger charge is -2.45. The maximum atomic E-state index is 11.5. The normalized spacial score (nSPS) is 20.4. The lowest BCUT2D eigenvalue weighted by molar-refractivity contribution is -0.142. The van der Waals surface area contributed by atoms with E-state index in [1.54, 1.807) is 0 Å². The zero-order valence-corrected chi connectivity index (χ0v) is 26.7. The van der Waals surface area contributed by atoms with Crippen molar-refractivity contribution < 1.29 is 14.0 Å². The van der Waals surface area contributed by atoms with Gasteiger partial charge in [0.15, 0.2) is 8.32 Å². The molecule has 31 heavy (non-hydrogen) atoms. The highest BCUT2D eigenvalue weighted by Crippen LogP contribution is 2.60. The van der Waals surface area contributed by atoms with Crippen molar-refractivity contribution in [2.75, 3.05) is 25.6 Å². The third kappa shape index (κ3) is 7.95. The molecule has 1 aliphatic carbocycles. The summed E-state index contributed by atoms with van der Waals surface area (Å²) in [4.78, 5) is 11.5. The number of hydrogen-bond donors (Lipinski definition) is 1. The monoisotopic (exact) mass is 783 g/mol. The number of methoxy groups -OCH3 is 1. The van der Waals surface area contributed by atoms with Crippen molar-refractivity contribution in [1.29, 1.82) is 0 Å². The van der Waals surface area contributed by atoms with Crippen molar-refractivity contribution in [1.82, 2.24) is 0 Å². The van der Waals surface area contributed by atoms with Crippen molar-refractivity contribution in [3.8, 4) is 0 Å². The molecule has 0 amide bonds. The second-order valence-corrected chi connectivity index (χ2v) is 25.1. The van der Waals surface area contributed by atoms with Crippen LogP contribution in [-0.2, 0) is 14.0 Å². The first-order valence-electron chi connectivity index (χ1n) is 11.0. The highest BCUT2D eigenvalue weighted by atomic mass is 127. The number of alkyl halides is 3. The molecule has 1 aliphatic rings. The topological polar surface area (TPSA) is 47.6 Å². The maximum absolute atomic E-state index is 11.5. The van der Waals surface area contributed by atoms with Crippen LogP contribution in [0.5, 0.6) is 0 Å². The quantitative estimate of drug-likeness (QED) is 0.0863. The molecule has 1 fully saturated rings. The van der Waals surface area contributed by atoms with Gasteiger partial charge in [-0.25, -0.2) is 0 Å². The van der Waals surface area contributed by atoms with Crippen molar-refractivity contribution in [3.05, 3.63) is 29.8 Å². The van der Waals surface area contributed by atoms with Gasteiger partial charge in [0, 0.05) is 23.7 Å². The Labute approximate surface area is 230 Å². The fourth-order valence-electron chi connectivity index (χ4n) is 3.92. The van der Waals surface area contributed by atoms with E-state index < -0.39 is 8.32 Å². The average Bonchev–Trinajstić information content (AvgIpc) is 2.71. The summed E-state index contributed by atoms with van der Waals surface area (Å²) in [5.41, 5.74) is 2.56. The lowest BCUT2D eigenvalue weighted by Crippen LogP contribution is -2.49. The molecule has 0 radical (unpaired) electrons. The number of nitrogens with one attached hydrogen (secondary N) is 1. The number of anilines is 1. The zero-order valence-electron chi connectivity index (χ0n) is 19.3. The van der Waals surface area contributed by atoms with E-state index in [4.69, 9.17) is 9.16 Å². The minimum atomic E-state index is -1.85. The molecule has 0 saturated heterocycles. The van der Waals surface area contributed by atoms with E-state index >= 15 is 0 Å². The number of ether oxygens (including phenoxy) is 1. The Hall–Kier alpha value is 0.857. The summed E-state index contributed by atoms with van der Waals surface area (Å²) in [7, 11) is -0.370. The summed E-state index contributed by atoms with van der Waals surface area (Å²) in [6.45, 7) is 10.9. The van der Waals surface area contributed by atoms with Gasteiger partial charge in [-0.15, -0.1) is 0 Å². The van der Waals surface area contributed by atoms with Gasteiger partial charge in [0.2, 0.25) is 0 Å². The van der Waals surface area contributed by atoms with E-state index in [0.29, 0.717) is 18.3 Å². The summed E-state index contributed by atoms with van der Waals surface area (Å²) in [6.07, 6.45) is 5.10. The van der Waals surface area contributed by atoms with Crippen molar-refractivity contribution in [3.63, 3.8) is 0 Å². The molecule has 0 heterocycles. The highest BCUT2D eigenvalue weighted by Gasteiger charge is 2.52. The predicted molar refractivity (Wildman–Crippen MR) is 159 cm³/mol. The van der Waals surface area contributed by atoms with Crippen LogP contribution in [0, 0.1) is 5.92 Å². The van der Waals surface area contributed by atoms with Gasteiger partial charge in [-0.2, -0.15) is 0 Å². The fraction of sp³-hybridized carbons (Fsp3) is 0.696. The minimum Gasteiger partial charge on any atom is -0.469 e. The van der Waals surface area contributed by atoms with Crippen molar-refractivity contribution >= 4 is 87.7 Å². The van der Waals surface area contributed by atoms with Crippen molar-refractivity contribution in [2.45, 2.75) is 69.4 Å². The Morgan fingerprint density at radius 1 is 1.10 bits per heavy atom. The van der Waals surface area contributed by atoms with Crippen LogP contribution >= 0.6 is 67.8 Å². The van der Waals surface area contributed by atoms with Crippen LogP contribution in [0.15, 0.2) is 24.3 Å². The Morgan fingerprint density at radius 3 is 2.19 bits per heavy atom. The third-order valence-corrected chi connectivity index (χ3v) is 16.9. The molecule has 0 atom stereocenters. The second kappa shape index (κ2) is 12.0. The van der Waals surface area contributed by atoms with Gasteiger partial charge in [-0.1, -0.05) is 93.8 Å². The van der Waals surface area contributed by atoms with Crippen LogP contribution in [0.4, 0.5) is 5.69 Å². The molecule has 1 aromatic carbocycles. The first-order valence-corrected chi connectivity index (χ1v) is 17.1. The number of carbonyl (C=O) groups excluding carboxylic acids is 1. The molecule has 8 heteroatoms. The SMILES string of the molecule is COC(=O)CC1CCC(c2ccc(NCCO[Si](C)(C)C(C)(C)C(I)(I)I)cc2)CC1. The first kappa shape index (κ1) is 28.1. The Morgan fingerprint density at radius 2 is 1.68 bits per heavy atom. The highest BCUT2D eigenvalue weighted by molar-refractivity contribution is 14.3. The molecular formula is C23H36I3NO3Si. The lowest BCUT2D eigenvalue weighted by atomic mass is 9.77. The third-order valence-electron chi connectivity index (χ3n) is 7.02. The molecule has 2 rings (SSSR count). The van der Waals surface area contributed by atoms with Gasteiger partial charge < -0.3 is 14.5 Å². The van der Waals surface area contributed by atoms with Crippen LogP contribution in [0.1, 0.15) is 57.4 Å². The second-order valence-electron chi connectivity index (χ2n) is 9.53. The summed E-state index contributed by atoms with van der Waals surface area (Å²) < 4.78 is 11.4. The van der Waals surface area contributed by atoms with Gasteiger partial charge in [-0.05, 0) is 68.3 Å². The molecular weight excluding hydrogens is 747 g/mol. The largest absolute Gasteiger partial charge is 0.469 e. The summed E-state index contributed by atoms with van der Waals surface area (Å²) >= 11 is 7.61. The number of carbonyl (C=O) groups is 1. The number of halogens is 3. The molecule has 0 unspecified atom stereocenters. The van der Waals surface area contributed by atoms with E-state index in [9.17, 15) is 4.79 Å². The van der Waals surface area contributed by atoms with E-state index in [-0.39, 0.29) is 10.4 Å². The number of benzene rings is 1. The first-order chi connectivity index (χ1) is 14.4. The van der Waals surface area contributed by atoms with Crippen molar-refractivity contribution in [2.24, 2.45) is 5.92 Å². The van der Waals surface area contributed by atoms with E-state index in [1.807, 2.05) is 0 Å². The van der Waals surface area contributed by atoms with Crippen LogP contribution in [0.3, 0.4) is 0 Å². The maximum Gasteiger partial charge on any atom is 0.305 e. The Balaban J connectivity index is 1.78. The Kier molecular flexibility index (Phi) is 10.9. The van der Waals surface area contributed by atoms with Crippen LogP contribution in [0.25, 0.3) is 0 Å². The van der Waals surface area contributed by atoms with E-state index in [2.05, 4.69) is 124 Å². The molecule has 0 spiro atoms. The van der Waals surface area contributed by atoms with Gasteiger partial charge >= 0.3 is 5.97 Å². The van der Waals surface area contributed by atoms with Crippen LogP contribution in [0.2, 0.25) is 18.1 Å². The molecule has 176 valence electrons. The minimum absolute atomic E-state index is 0.0744. The fourth-order valence-corrected chi connectivity index (χ4v) is 11.4. The van der Waals surface area contributed by atoms with Gasteiger partial charge in [0.25, 0.3) is 0 Å². The molecule has 0 bridgehead atoms. The molecule has 1 aromatic rings. The van der Waals surface area contributed by atoms with Gasteiger partial charge in [0.1, 0.15) is -0.565 Å². The molecule has 1 N–H and O–H groups in total. The van der Waals surface area contributed by atoms with Gasteiger partial charge in [-0.3, -0.25) is 4.79 Å². The average molecular weight is 783 g/mol. The van der Waals surface area contributed by atoms with Crippen LogP contribution < -0.4 is 5.32 Å². The van der Waals surface area contributed by atoms with Crippen LogP contribution in [-0.4, -0.2) is 34.0 Å². The number of esters is 1. The Bertz CT molecular complexity index is 712. The molecule has 4 nitrogen and oxygen atoms in total. The standard InChI is InChI=1S/C23H36I3NO3Si/c1-22(2,23(24,25)26)31(4,5)30-15-14-27-20-12-10-19(11-13-20)18-8-6-17(7-9-18)16-21(28)29-3/h10-13,17-18,27H,6-9,14-16H2,1-5H3. The molecule has 1 saturated carbocycles. The predicted octanol–water partition coefficient (Wildman–Crippen LogP) is 7.90. The van der Waals surface area contributed by atoms with Gasteiger partial charge in [0.05, 0.1) is 13.7 Å². The van der Waals surface area contributed by atoms with E-state index in [1.165, 1.54) is 12.7 Å². The smallest absolute Gasteiger partial charge is 0.305 e. The molecule has 0 aromatic heterocycles. The summed E-state index contributed by atoms with van der Waals surface area (Å²) in [6, 6.07) is 8.89. The zero-order chi connectivity index (χ0) is 23.3. The molecule has 0 aliphatic heterocycles. The summed E-state index contributed by atoms with van der Waals surface area (Å²) in [5, 5.41) is 3.66.